The van der Waals surface area contributed by atoms with Gasteiger partial charge in [0, 0.05) is 29.1 Å². The second-order valence-electron chi connectivity index (χ2n) is 9.43. The van der Waals surface area contributed by atoms with Crippen molar-refractivity contribution in [2.75, 3.05) is 37.2 Å². The molecule has 1 heterocycles. The Hall–Kier alpha value is -3.33. The van der Waals surface area contributed by atoms with Crippen LogP contribution in [-0.4, -0.2) is 62.1 Å². The van der Waals surface area contributed by atoms with Gasteiger partial charge in [-0.25, -0.2) is 13.4 Å². The number of aromatic nitrogens is 1. The fraction of sp³-hybridized carbons (Fsp3) is 0.276. The first-order chi connectivity index (χ1) is 18.2. The van der Waals surface area contributed by atoms with E-state index in [4.69, 9.17) is 16.6 Å². The lowest BCUT2D eigenvalue weighted by atomic mass is 10.0. The first-order valence-electron chi connectivity index (χ1n) is 12.6. The minimum Gasteiger partial charge on any atom is -0.494 e. The predicted molar refractivity (Wildman–Crippen MR) is 158 cm³/mol. The van der Waals surface area contributed by atoms with Gasteiger partial charge >= 0.3 is 0 Å². The standard InChI is InChI=1S/C29H33ClN4O3S/c1-4-5-19-38(36,37)34(18-17-33(2)3)24-14-12-23(13-15-24)31-28(21-9-7-6-8-10-21)27-25-16-11-22(30)20-26(25)32-29(27)35/h6-16,20,32,35H,4-5,17-19H2,1-3H3. The van der Waals surface area contributed by atoms with Crippen LogP contribution in [0.5, 0.6) is 5.88 Å². The number of aromatic hydroxyl groups is 1. The number of H-pyrrole nitrogens is 1. The van der Waals surface area contributed by atoms with E-state index in [0.29, 0.717) is 52.7 Å². The molecule has 2 N–H and O–H groups in total. The number of nitrogens with one attached hydrogen (secondary N) is 1. The average Bonchev–Trinajstić information content (AvgIpc) is 3.21. The van der Waals surface area contributed by atoms with Gasteiger partial charge in [-0.15, -0.1) is 0 Å². The van der Waals surface area contributed by atoms with Gasteiger partial charge in [0.05, 0.1) is 33.9 Å². The number of aliphatic imine (C=N–C) groups is 1. The first kappa shape index (κ1) is 27.7. The number of aromatic amines is 1. The molecule has 0 radical (unpaired) electrons. The van der Waals surface area contributed by atoms with Gasteiger partial charge < -0.3 is 15.0 Å². The Balaban J connectivity index is 1.76. The molecule has 0 aliphatic heterocycles. The van der Waals surface area contributed by atoms with Crippen LogP contribution in [0.2, 0.25) is 5.02 Å². The van der Waals surface area contributed by atoms with Crippen molar-refractivity contribution < 1.29 is 13.5 Å². The van der Waals surface area contributed by atoms with Crippen LogP contribution in [0.3, 0.4) is 0 Å². The maximum absolute atomic E-state index is 13.1. The number of anilines is 1. The van der Waals surface area contributed by atoms with E-state index in [9.17, 15) is 13.5 Å². The van der Waals surface area contributed by atoms with E-state index < -0.39 is 10.0 Å². The van der Waals surface area contributed by atoms with Crippen molar-refractivity contribution in [3.63, 3.8) is 0 Å². The lowest BCUT2D eigenvalue weighted by Gasteiger charge is -2.26. The second-order valence-corrected chi connectivity index (χ2v) is 11.9. The van der Waals surface area contributed by atoms with E-state index in [1.807, 2.05) is 62.3 Å². The summed E-state index contributed by atoms with van der Waals surface area (Å²) in [5, 5.41) is 12.2. The van der Waals surface area contributed by atoms with Crippen LogP contribution in [0, 0.1) is 0 Å². The van der Waals surface area contributed by atoms with Gasteiger partial charge in [-0.3, -0.25) is 4.31 Å². The van der Waals surface area contributed by atoms with Crippen LogP contribution in [-0.2, 0) is 10.0 Å². The summed E-state index contributed by atoms with van der Waals surface area (Å²) >= 11 is 6.17. The van der Waals surface area contributed by atoms with Gasteiger partial charge in [0.15, 0.2) is 5.88 Å². The molecule has 0 aliphatic carbocycles. The van der Waals surface area contributed by atoms with Gasteiger partial charge in [0.25, 0.3) is 0 Å². The van der Waals surface area contributed by atoms with Crippen molar-refractivity contribution in [1.29, 1.82) is 0 Å². The van der Waals surface area contributed by atoms with Crippen LogP contribution in [0.25, 0.3) is 10.9 Å². The monoisotopic (exact) mass is 552 g/mol. The summed E-state index contributed by atoms with van der Waals surface area (Å²) in [4.78, 5) is 9.88. The number of fused-ring (bicyclic) bond motifs is 1. The van der Waals surface area contributed by atoms with Crippen LogP contribution in [0.1, 0.15) is 30.9 Å². The summed E-state index contributed by atoms with van der Waals surface area (Å²) in [6, 6.07) is 22.2. The zero-order valence-corrected chi connectivity index (χ0v) is 23.4. The molecule has 0 saturated heterocycles. The number of benzene rings is 3. The molecule has 7 nitrogen and oxygen atoms in total. The molecule has 38 heavy (non-hydrogen) atoms. The highest BCUT2D eigenvalue weighted by molar-refractivity contribution is 7.92. The van der Waals surface area contributed by atoms with Crippen molar-refractivity contribution >= 4 is 49.6 Å². The third-order valence-electron chi connectivity index (χ3n) is 6.25. The summed E-state index contributed by atoms with van der Waals surface area (Å²) in [6.07, 6.45) is 1.42. The molecule has 3 aromatic carbocycles. The molecule has 0 amide bonds. The molecular formula is C29H33ClN4O3S. The molecule has 4 aromatic rings. The summed E-state index contributed by atoms with van der Waals surface area (Å²) in [6.45, 7) is 2.95. The molecule has 0 bridgehead atoms. The van der Waals surface area contributed by atoms with Gasteiger partial charge in [-0.2, -0.15) is 0 Å². The minimum atomic E-state index is -3.46. The second kappa shape index (κ2) is 12.0. The van der Waals surface area contributed by atoms with Crippen molar-refractivity contribution in [2.45, 2.75) is 19.8 Å². The Kier molecular flexibility index (Phi) is 8.76. The maximum Gasteiger partial charge on any atom is 0.235 e. The molecule has 0 aliphatic rings. The van der Waals surface area contributed by atoms with E-state index in [1.165, 1.54) is 4.31 Å². The highest BCUT2D eigenvalue weighted by atomic mass is 35.5. The topological polar surface area (TPSA) is 89.0 Å². The highest BCUT2D eigenvalue weighted by Crippen LogP contribution is 2.33. The Morgan fingerprint density at radius 2 is 1.71 bits per heavy atom. The summed E-state index contributed by atoms with van der Waals surface area (Å²) in [7, 11) is 0.391. The number of unbranched alkanes of at least 4 members (excludes halogenated alkanes) is 1. The number of likely N-dealkylation sites (N-methyl/N-ethyl adjacent to an activating group) is 1. The molecule has 0 saturated carbocycles. The Morgan fingerprint density at radius 3 is 2.37 bits per heavy atom. The number of rotatable bonds is 11. The van der Waals surface area contributed by atoms with E-state index in [2.05, 4.69) is 4.98 Å². The van der Waals surface area contributed by atoms with E-state index in [-0.39, 0.29) is 11.6 Å². The lowest BCUT2D eigenvalue weighted by molar-refractivity contribution is 0.419. The molecular weight excluding hydrogens is 520 g/mol. The van der Waals surface area contributed by atoms with Gasteiger partial charge in [0.2, 0.25) is 10.0 Å². The van der Waals surface area contributed by atoms with E-state index in [1.54, 1.807) is 36.4 Å². The van der Waals surface area contributed by atoms with Gasteiger partial charge in [-0.05, 0) is 56.9 Å². The Bertz CT molecular complexity index is 1510. The molecule has 0 unspecified atom stereocenters. The summed E-state index contributed by atoms with van der Waals surface area (Å²) in [5.41, 5.74) is 3.93. The van der Waals surface area contributed by atoms with Gasteiger partial charge in [0.1, 0.15) is 0 Å². The SMILES string of the molecule is CCCCS(=O)(=O)N(CCN(C)C)c1ccc(N=C(c2ccccc2)c2c(O)[nH]c3cc(Cl)ccc23)cc1. The van der Waals surface area contributed by atoms with E-state index in [0.717, 1.165) is 17.4 Å². The quantitative estimate of drug-likeness (QED) is 0.217. The Morgan fingerprint density at radius 1 is 1.00 bits per heavy atom. The molecule has 200 valence electrons. The van der Waals surface area contributed by atoms with Gasteiger partial charge in [-0.1, -0.05) is 61.3 Å². The van der Waals surface area contributed by atoms with Crippen LogP contribution >= 0.6 is 11.6 Å². The van der Waals surface area contributed by atoms with Crippen molar-refractivity contribution in [1.82, 2.24) is 9.88 Å². The number of nitrogens with zero attached hydrogens (tertiary/aromatic N) is 3. The van der Waals surface area contributed by atoms with Crippen LogP contribution < -0.4 is 4.31 Å². The maximum atomic E-state index is 13.1. The molecule has 1 aromatic heterocycles. The number of hydrogen-bond acceptors (Lipinski definition) is 5. The number of sulfonamides is 1. The summed E-state index contributed by atoms with van der Waals surface area (Å²) < 4.78 is 27.8. The normalized spacial score (nSPS) is 12.4. The predicted octanol–water partition coefficient (Wildman–Crippen LogP) is 6.19. The Labute approximate surface area is 229 Å². The molecule has 0 spiro atoms. The summed E-state index contributed by atoms with van der Waals surface area (Å²) in [5.74, 6) is 0.108. The fourth-order valence-electron chi connectivity index (χ4n) is 4.24. The third-order valence-corrected chi connectivity index (χ3v) is 8.35. The van der Waals surface area contributed by atoms with Crippen LogP contribution in [0.15, 0.2) is 77.8 Å². The fourth-order valence-corrected chi connectivity index (χ4v) is 6.08. The largest absolute Gasteiger partial charge is 0.494 e. The lowest BCUT2D eigenvalue weighted by Crippen LogP contribution is -2.38. The minimum absolute atomic E-state index is 0.00151. The zero-order valence-electron chi connectivity index (χ0n) is 21.9. The zero-order chi connectivity index (χ0) is 27.3. The van der Waals surface area contributed by atoms with Crippen molar-refractivity contribution in [2.24, 2.45) is 4.99 Å². The number of hydrogen-bond donors (Lipinski definition) is 2. The van der Waals surface area contributed by atoms with E-state index >= 15 is 0 Å². The van der Waals surface area contributed by atoms with Crippen molar-refractivity contribution in [3.8, 4) is 5.88 Å². The highest BCUT2D eigenvalue weighted by Gasteiger charge is 2.23. The van der Waals surface area contributed by atoms with Crippen LogP contribution in [0.4, 0.5) is 11.4 Å². The van der Waals surface area contributed by atoms with Crippen molar-refractivity contribution in [3.05, 3.63) is 88.9 Å². The molecule has 0 fully saturated rings. The average molecular weight is 553 g/mol. The third kappa shape index (κ3) is 6.38. The number of halogens is 1. The smallest absolute Gasteiger partial charge is 0.235 e. The molecule has 4 rings (SSSR count). The first-order valence-corrected chi connectivity index (χ1v) is 14.6. The molecule has 0 atom stereocenters. The molecule has 9 heteroatoms.